The van der Waals surface area contributed by atoms with Crippen LogP contribution in [0.1, 0.15) is 45.5 Å². The van der Waals surface area contributed by atoms with E-state index in [0.717, 1.165) is 40.8 Å². The summed E-state index contributed by atoms with van der Waals surface area (Å²) in [6, 6.07) is 11.9. The van der Waals surface area contributed by atoms with E-state index in [1.807, 2.05) is 62.9 Å². The van der Waals surface area contributed by atoms with Crippen LogP contribution in [0, 0.1) is 33.6 Å². The molecule has 1 heterocycles. The van der Waals surface area contributed by atoms with Gasteiger partial charge in [-0.05, 0) is 63.8 Å². The minimum absolute atomic E-state index is 0.00493. The third-order valence-electron chi connectivity index (χ3n) is 5.28. The number of carbonyl (C=O) groups is 2. The van der Waals surface area contributed by atoms with Crippen molar-refractivity contribution < 1.29 is 9.59 Å². The molecule has 1 atom stereocenters. The largest absolute Gasteiger partial charge is 0.338 e. The molecule has 1 aliphatic heterocycles. The SMILES string of the molecule is Cc1cc(C)cc(C(=O)N2CCC[C@H](C(=O)Nc3c(C)cccc3C)C2)c1. The van der Waals surface area contributed by atoms with Crippen LogP contribution in [0.2, 0.25) is 0 Å². The Morgan fingerprint density at radius 3 is 2.26 bits per heavy atom. The van der Waals surface area contributed by atoms with Crippen LogP contribution in [0.15, 0.2) is 36.4 Å². The van der Waals surface area contributed by atoms with Crippen LogP contribution >= 0.6 is 0 Å². The second-order valence-electron chi connectivity index (χ2n) is 7.72. The molecular weight excluding hydrogens is 336 g/mol. The van der Waals surface area contributed by atoms with Crippen molar-refractivity contribution in [1.29, 1.82) is 0 Å². The Balaban J connectivity index is 1.72. The molecule has 0 spiro atoms. The molecule has 142 valence electrons. The van der Waals surface area contributed by atoms with Crippen molar-refractivity contribution in [2.75, 3.05) is 18.4 Å². The summed E-state index contributed by atoms with van der Waals surface area (Å²) < 4.78 is 0. The molecule has 0 aliphatic carbocycles. The Morgan fingerprint density at radius 1 is 1.00 bits per heavy atom. The van der Waals surface area contributed by atoms with Crippen LogP contribution in [-0.2, 0) is 4.79 Å². The average molecular weight is 364 g/mol. The zero-order valence-corrected chi connectivity index (χ0v) is 16.6. The third kappa shape index (κ3) is 4.38. The molecule has 0 unspecified atom stereocenters. The Morgan fingerprint density at radius 2 is 1.63 bits per heavy atom. The van der Waals surface area contributed by atoms with Gasteiger partial charge in [0.1, 0.15) is 0 Å². The normalized spacial score (nSPS) is 16.9. The molecule has 0 saturated carbocycles. The molecule has 2 aromatic carbocycles. The zero-order chi connectivity index (χ0) is 19.6. The van der Waals surface area contributed by atoms with Crippen molar-refractivity contribution in [3.05, 3.63) is 64.2 Å². The van der Waals surface area contributed by atoms with Gasteiger partial charge in [0.15, 0.2) is 0 Å². The molecule has 2 aromatic rings. The van der Waals surface area contributed by atoms with E-state index in [1.165, 1.54) is 0 Å². The summed E-state index contributed by atoms with van der Waals surface area (Å²) in [4.78, 5) is 27.6. The first-order valence-electron chi connectivity index (χ1n) is 9.60. The standard InChI is InChI=1S/C23H28N2O2/c1-15-11-16(2)13-20(12-15)23(27)25-10-6-9-19(14-25)22(26)24-21-17(3)7-5-8-18(21)4/h5,7-8,11-13,19H,6,9-10,14H2,1-4H3,(H,24,26)/t19-/m0/s1. The first-order valence-corrected chi connectivity index (χ1v) is 9.60. The summed E-state index contributed by atoms with van der Waals surface area (Å²) in [5.41, 5.74) is 5.88. The molecule has 1 fully saturated rings. The fourth-order valence-electron chi connectivity index (χ4n) is 3.89. The van der Waals surface area contributed by atoms with Crippen molar-refractivity contribution in [3.63, 3.8) is 0 Å². The van der Waals surface area contributed by atoms with E-state index in [-0.39, 0.29) is 17.7 Å². The first-order chi connectivity index (χ1) is 12.8. The van der Waals surface area contributed by atoms with Crippen molar-refractivity contribution >= 4 is 17.5 Å². The predicted octanol–water partition coefficient (Wildman–Crippen LogP) is 4.41. The highest BCUT2D eigenvalue weighted by Crippen LogP contribution is 2.24. The molecule has 0 aromatic heterocycles. The number of carbonyl (C=O) groups excluding carboxylic acids is 2. The lowest BCUT2D eigenvalue weighted by atomic mass is 9.95. The van der Waals surface area contributed by atoms with Crippen LogP contribution in [0.25, 0.3) is 0 Å². The summed E-state index contributed by atoms with van der Waals surface area (Å²) in [7, 11) is 0. The maximum absolute atomic E-state index is 12.9. The molecule has 0 bridgehead atoms. The van der Waals surface area contributed by atoms with E-state index in [1.54, 1.807) is 0 Å². The fraction of sp³-hybridized carbons (Fsp3) is 0.391. The van der Waals surface area contributed by atoms with Crippen LogP contribution in [0.4, 0.5) is 5.69 Å². The number of hydrogen-bond acceptors (Lipinski definition) is 2. The highest BCUT2D eigenvalue weighted by atomic mass is 16.2. The number of aryl methyl sites for hydroxylation is 4. The molecule has 1 saturated heterocycles. The van der Waals surface area contributed by atoms with E-state index < -0.39 is 0 Å². The van der Waals surface area contributed by atoms with Crippen LogP contribution in [0.3, 0.4) is 0 Å². The van der Waals surface area contributed by atoms with Gasteiger partial charge in [0.25, 0.3) is 5.91 Å². The van der Waals surface area contributed by atoms with E-state index in [0.29, 0.717) is 18.7 Å². The molecular formula is C23H28N2O2. The average Bonchev–Trinajstić information content (AvgIpc) is 2.63. The Labute approximate surface area is 161 Å². The van der Waals surface area contributed by atoms with Gasteiger partial charge in [-0.2, -0.15) is 0 Å². The van der Waals surface area contributed by atoms with Gasteiger partial charge in [0.05, 0.1) is 5.92 Å². The highest BCUT2D eigenvalue weighted by molar-refractivity contribution is 5.97. The second-order valence-corrected chi connectivity index (χ2v) is 7.72. The van der Waals surface area contributed by atoms with Gasteiger partial charge in [-0.1, -0.05) is 35.4 Å². The molecule has 0 radical (unpaired) electrons. The predicted molar refractivity (Wildman–Crippen MR) is 109 cm³/mol. The number of hydrogen-bond donors (Lipinski definition) is 1. The minimum atomic E-state index is -0.174. The summed E-state index contributed by atoms with van der Waals surface area (Å²) >= 11 is 0. The van der Waals surface area contributed by atoms with Gasteiger partial charge in [0, 0.05) is 24.3 Å². The van der Waals surface area contributed by atoms with Gasteiger partial charge in [-0.25, -0.2) is 0 Å². The van der Waals surface area contributed by atoms with E-state index in [2.05, 4.69) is 11.4 Å². The molecule has 4 heteroatoms. The maximum Gasteiger partial charge on any atom is 0.253 e. The summed E-state index contributed by atoms with van der Waals surface area (Å²) in [6.07, 6.45) is 1.66. The topological polar surface area (TPSA) is 49.4 Å². The number of amides is 2. The van der Waals surface area contributed by atoms with Gasteiger partial charge >= 0.3 is 0 Å². The Bertz CT molecular complexity index is 832. The lowest BCUT2D eigenvalue weighted by Crippen LogP contribution is -2.43. The molecule has 1 N–H and O–H groups in total. The minimum Gasteiger partial charge on any atom is -0.338 e. The fourth-order valence-corrected chi connectivity index (χ4v) is 3.89. The lowest BCUT2D eigenvalue weighted by Gasteiger charge is -2.32. The number of nitrogens with zero attached hydrogens (tertiary/aromatic N) is 1. The molecule has 27 heavy (non-hydrogen) atoms. The Hall–Kier alpha value is -2.62. The van der Waals surface area contributed by atoms with Crippen LogP contribution < -0.4 is 5.32 Å². The number of para-hydroxylation sites is 1. The number of anilines is 1. The molecule has 3 rings (SSSR count). The highest BCUT2D eigenvalue weighted by Gasteiger charge is 2.29. The summed E-state index contributed by atoms with van der Waals surface area (Å²) in [6.45, 7) is 9.18. The van der Waals surface area contributed by atoms with Crippen LogP contribution in [-0.4, -0.2) is 29.8 Å². The number of rotatable bonds is 3. The number of benzene rings is 2. The molecule has 2 amide bonds. The summed E-state index contributed by atoms with van der Waals surface area (Å²) in [5, 5.41) is 3.09. The van der Waals surface area contributed by atoms with E-state index in [9.17, 15) is 9.59 Å². The molecule has 1 aliphatic rings. The van der Waals surface area contributed by atoms with Crippen molar-refractivity contribution in [2.45, 2.75) is 40.5 Å². The number of likely N-dealkylation sites (tertiary alicyclic amines) is 1. The van der Waals surface area contributed by atoms with Crippen molar-refractivity contribution in [3.8, 4) is 0 Å². The maximum atomic E-state index is 12.9. The second kappa shape index (κ2) is 7.95. The first kappa shape index (κ1) is 19.2. The van der Waals surface area contributed by atoms with E-state index in [4.69, 9.17) is 0 Å². The number of nitrogens with one attached hydrogen (secondary N) is 1. The van der Waals surface area contributed by atoms with Gasteiger partial charge in [-0.15, -0.1) is 0 Å². The number of piperidine rings is 1. The van der Waals surface area contributed by atoms with Crippen molar-refractivity contribution in [2.24, 2.45) is 5.92 Å². The smallest absolute Gasteiger partial charge is 0.253 e. The third-order valence-corrected chi connectivity index (χ3v) is 5.28. The van der Waals surface area contributed by atoms with Gasteiger partial charge in [0.2, 0.25) is 5.91 Å². The zero-order valence-electron chi connectivity index (χ0n) is 16.6. The van der Waals surface area contributed by atoms with Crippen LogP contribution in [0.5, 0.6) is 0 Å². The Kier molecular flexibility index (Phi) is 5.64. The molecule has 4 nitrogen and oxygen atoms in total. The van der Waals surface area contributed by atoms with Gasteiger partial charge in [-0.3, -0.25) is 9.59 Å². The van der Waals surface area contributed by atoms with Gasteiger partial charge < -0.3 is 10.2 Å². The summed E-state index contributed by atoms with van der Waals surface area (Å²) in [5.74, 6) is -0.149. The van der Waals surface area contributed by atoms with E-state index >= 15 is 0 Å². The monoisotopic (exact) mass is 364 g/mol. The lowest BCUT2D eigenvalue weighted by molar-refractivity contribution is -0.121. The van der Waals surface area contributed by atoms with Crippen molar-refractivity contribution in [1.82, 2.24) is 4.90 Å². The quantitative estimate of drug-likeness (QED) is 0.877.